The predicted molar refractivity (Wildman–Crippen MR) is 100 cm³/mol. The van der Waals surface area contributed by atoms with Crippen molar-refractivity contribution in [3.8, 4) is 0 Å². The quantitative estimate of drug-likeness (QED) is 0.856. The van der Waals surface area contributed by atoms with Crippen molar-refractivity contribution in [2.24, 2.45) is 0 Å². The van der Waals surface area contributed by atoms with Gasteiger partial charge in [-0.2, -0.15) is 0 Å². The van der Waals surface area contributed by atoms with E-state index in [4.69, 9.17) is 0 Å². The summed E-state index contributed by atoms with van der Waals surface area (Å²) >= 11 is 1.69. The van der Waals surface area contributed by atoms with Gasteiger partial charge in [0, 0.05) is 32.6 Å². The summed E-state index contributed by atoms with van der Waals surface area (Å²) in [5, 5.41) is 3.71. The summed E-state index contributed by atoms with van der Waals surface area (Å²) in [6.07, 6.45) is -0.391. The van der Waals surface area contributed by atoms with Crippen molar-refractivity contribution in [1.29, 1.82) is 0 Å². The number of fused-ring (bicyclic) bond motifs is 1. The van der Waals surface area contributed by atoms with Crippen LogP contribution < -0.4 is 5.32 Å². The van der Waals surface area contributed by atoms with Crippen LogP contribution in [-0.2, 0) is 11.3 Å². The third-order valence-corrected chi connectivity index (χ3v) is 5.81. The Bertz CT molecular complexity index is 746. The van der Waals surface area contributed by atoms with Gasteiger partial charge in [0.05, 0.1) is 29.3 Å². The zero-order valence-corrected chi connectivity index (χ0v) is 15.8. The summed E-state index contributed by atoms with van der Waals surface area (Å²) < 4.78 is 27.7. The highest BCUT2D eigenvalue weighted by Crippen LogP contribution is 2.27. The Morgan fingerprint density at radius 3 is 2.65 bits per heavy atom. The van der Waals surface area contributed by atoms with Crippen molar-refractivity contribution in [1.82, 2.24) is 20.1 Å². The van der Waals surface area contributed by atoms with Gasteiger partial charge in [0.2, 0.25) is 5.91 Å². The van der Waals surface area contributed by atoms with Gasteiger partial charge in [-0.25, -0.2) is 13.8 Å². The van der Waals surface area contributed by atoms with E-state index in [9.17, 15) is 13.6 Å². The number of amides is 1. The topological polar surface area (TPSA) is 48.5 Å². The SMILES string of the molecule is Cl.O=C(C1CC(F)(F)CN1)N1CCN(Cc2nc3ccccc3s2)CC1. The number of alkyl halides is 2. The molecule has 2 saturated heterocycles. The van der Waals surface area contributed by atoms with Crippen LogP contribution in [-0.4, -0.2) is 65.4 Å². The van der Waals surface area contributed by atoms with E-state index >= 15 is 0 Å². The van der Waals surface area contributed by atoms with Crippen LogP contribution in [0.4, 0.5) is 8.78 Å². The zero-order chi connectivity index (χ0) is 17.4. The monoisotopic (exact) mass is 402 g/mol. The fourth-order valence-corrected chi connectivity index (χ4v) is 4.43. The van der Waals surface area contributed by atoms with E-state index in [1.165, 1.54) is 4.70 Å². The molecule has 0 radical (unpaired) electrons. The molecule has 2 aromatic rings. The average molecular weight is 403 g/mol. The normalized spacial score (nSPS) is 23.2. The lowest BCUT2D eigenvalue weighted by Gasteiger charge is -2.35. The molecule has 26 heavy (non-hydrogen) atoms. The van der Waals surface area contributed by atoms with Crippen LogP contribution in [0.25, 0.3) is 10.2 Å². The number of benzene rings is 1. The number of hydrogen-bond donors (Lipinski definition) is 1. The molecule has 2 aliphatic rings. The fourth-order valence-electron chi connectivity index (χ4n) is 3.42. The fraction of sp³-hybridized carbons (Fsp3) is 0.529. The lowest BCUT2D eigenvalue weighted by Crippen LogP contribution is -2.52. The van der Waals surface area contributed by atoms with Crippen molar-refractivity contribution < 1.29 is 13.6 Å². The number of thiazole rings is 1. The van der Waals surface area contributed by atoms with E-state index in [1.54, 1.807) is 16.2 Å². The minimum Gasteiger partial charge on any atom is -0.339 e. The maximum atomic E-state index is 13.3. The van der Waals surface area contributed by atoms with Crippen molar-refractivity contribution in [3.05, 3.63) is 29.3 Å². The van der Waals surface area contributed by atoms with Gasteiger partial charge >= 0.3 is 0 Å². The maximum Gasteiger partial charge on any atom is 0.262 e. The molecule has 1 atom stereocenters. The third kappa shape index (κ3) is 4.14. The van der Waals surface area contributed by atoms with E-state index in [2.05, 4.69) is 21.3 Å². The van der Waals surface area contributed by atoms with Gasteiger partial charge in [-0.1, -0.05) is 12.1 Å². The molecule has 142 valence electrons. The number of halogens is 3. The number of aromatic nitrogens is 1. The number of nitrogens with zero attached hydrogens (tertiary/aromatic N) is 3. The van der Waals surface area contributed by atoms with E-state index in [1.807, 2.05) is 18.2 Å². The van der Waals surface area contributed by atoms with E-state index in [0.29, 0.717) is 13.1 Å². The largest absolute Gasteiger partial charge is 0.339 e. The van der Waals surface area contributed by atoms with Crippen molar-refractivity contribution in [2.75, 3.05) is 32.7 Å². The number of rotatable bonds is 3. The van der Waals surface area contributed by atoms with Crippen LogP contribution in [0.1, 0.15) is 11.4 Å². The highest BCUT2D eigenvalue weighted by atomic mass is 35.5. The molecule has 3 heterocycles. The minimum absolute atomic E-state index is 0. The van der Waals surface area contributed by atoms with Crippen LogP contribution >= 0.6 is 23.7 Å². The van der Waals surface area contributed by atoms with E-state index in [0.717, 1.165) is 30.2 Å². The molecule has 9 heteroatoms. The molecule has 2 fully saturated rings. The summed E-state index contributed by atoms with van der Waals surface area (Å²) in [6.45, 7) is 3.00. The summed E-state index contributed by atoms with van der Waals surface area (Å²) in [5.41, 5.74) is 1.02. The number of para-hydroxylation sites is 1. The van der Waals surface area contributed by atoms with Crippen LogP contribution in [0.5, 0.6) is 0 Å². The molecular formula is C17H21ClF2N4OS. The maximum absolute atomic E-state index is 13.3. The molecular weight excluding hydrogens is 382 g/mol. The van der Waals surface area contributed by atoms with Gasteiger partial charge in [-0.15, -0.1) is 23.7 Å². The molecule has 1 aromatic heterocycles. The first-order chi connectivity index (χ1) is 12.0. The summed E-state index contributed by atoms with van der Waals surface area (Å²) in [7, 11) is 0. The molecule has 1 aromatic carbocycles. The van der Waals surface area contributed by atoms with Crippen molar-refractivity contribution in [3.63, 3.8) is 0 Å². The number of carbonyl (C=O) groups excluding carboxylic acids is 1. The molecule has 2 aliphatic heterocycles. The van der Waals surface area contributed by atoms with Gasteiger partial charge in [-0.3, -0.25) is 15.0 Å². The molecule has 0 bridgehead atoms. The van der Waals surface area contributed by atoms with Crippen LogP contribution in [0.2, 0.25) is 0 Å². The standard InChI is InChI=1S/C17H20F2N4OS.ClH/c18-17(19)9-13(20-11-17)16(24)23-7-5-22(6-8-23)10-15-21-12-3-1-2-4-14(12)25-15;/h1-4,13,20H,5-11H2;1H. The predicted octanol–water partition coefficient (Wildman–Crippen LogP) is 2.36. The van der Waals surface area contributed by atoms with Crippen molar-refractivity contribution in [2.45, 2.75) is 24.9 Å². The van der Waals surface area contributed by atoms with Gasteiger partial charge < -0.3 is 4.90 Å². The third-order valence-electron chi connectivity index (χ3n) is 4.79. The van der Waals surface area contributed by atoms with E-state index in [-0.39, 0.29) is 18.3 Å². The van der Waals surface area contributed by atoms with Crippen LogP contribution in [0.15, 0.2) is 24.3 Å². The molecule has 0 spiro atoms. The average Bonchev–Trinajstić information content (AvgIpc) is 3.17. The Balaban J connectivity index is 0.00000196. The Kier molecular flexibility index (Phi) is 5.76. The van der Waals surface area contributed by atoms with Gasteiger partial charge in [-0.05, 0) is 12.1 Å². The Labute approximate surface area is 160 Å². The van der Waals surface area contributed by atoms with Crippen LogP contribution in [0, 0.1) is 0 Å². The van der Waals surface area contributed by atoms with Crippen LogP contribution in [0.3, 0.4) is 0 Å². The number of carbonyl (C=O) groups is 1. The minimum atomic E-state index is -2.77. The Hall–Kier alpha value is -1.35. The first kappa shape index (κ1) is 19.4. The second-order valence-corrected chi connectivity index (χ2v) is 7.79. The zero-order valence-electron chi connectivity index (χ0n) is 14.2. The lowest BCUT2D eigenvalue weighted by atomic mass is 10.1. The number of hydrogen-bond acceptors (Lipinski definition) is 5. The molecule has 1 N–H and O–H groups in total. The first-order valence-electron chi connectivity index (χ1n) is 8.47. The molecule has 4 rings (SSSR count). The molecule has 1 unspecified atom stereocenters. The molecule has 5 nitrogen and oxygen atoms in total. The van der Waals surface area contributed by atoms with Gasteiger partial charge in [0.15, 0.2) is 0 Å². The Morgan fingerprint density at radius 1 is 1.27 bits per heavy atom. The molecule has 0 saturated carbocycles. The highest BCUT2D eigenvalue weighted by molar-refractivity contribution is 7.18. The lowest BCUT2D eigenvalue weighted by molar-refractivity contribution is -0.135. The Morgan fingerprint density at radius 2 is 2.00 bits per heavy atom. The number of piperazine rings is 1. The van der Waals surface area contributed by atoms with Crippen molar-refractivity contribution >= 4 is 39.9 Å². The van der Waals surface area contributed by atoms with Gasteiger partial charge in [0.25, 0.3) is 5.92 Å². The molecule has 1 amide bonds. The number of nitrogens with one attached hydrogen (secondary N) is 1. The summed E-state index contributed by atoms with van der Waals surface area (Å²) in [4.78, 5) is 21.0. The second-order valence-electron chi connectivity index (χ2n) is 6.67. The first-order valence-corrected chi connectivity index (χ1v) is 9.29. The van der Waals surface area contributed by atoms with Gasteiger partial charge in [0.1, 0.15) is 5.01 Å². The second kappa shape index (κ2) is 7.72. The smallest absolute Gasteiger partial charge is 0.262 e. The summed E-state index contributed by atoms with van der Waals surface area (Å²) in [5.74, 6) is -2.97. The van der Waals surface area contributed by atoms with E-state index < -0.39 is 24.9 Å². The summed E-state index contributed by atoms with van der Waals surface area (Å²) in [6, 6.07) is 7.32. The highest BCUT2D eigenvalue weighted by Gasteiger charge is 2.43. The molecule has 0 aliphatic carbocycles.